The van der Waals surface area contributed by atoms with Crippen LogP contribution in [-0.2, 0) is 6.42 Å². The number of nitrogens with one attached hydrogen (secondary N) is 1. The molecule has 0 aliphatic rings. The van der Waals surface area contributed by atoms with Crippen molar-refractivity contribution in [3.63, 3.8) is 0 Å². The van der Waals surface area contributed by atoms with Crippen LogP contribution in [0.3, 0.4) is 0 Å². The van der Waals surface area contributed by atoms with Crippen LogP contribution in [-0.4, -0.2) is 21.6 Å². The van der Waals surface area contributed by atoms with E-state index < -0.39 is 5.82 Å². The molecule has 0 atom stereocenters. The van der Waals surface area contributed by atoms with E-state index in [2.05, 4.69) is 38.1 Å². The van der Waals surface area contributed by atoms with Crippen LogP contribution < -0.4 is 5.32 Å². The zero-order valence-corrected chi connectivity index (χ0v) is 13.5. The number of anilines is 1. The summed E-state index contributed by atoms with van der Waals surface area (Å²) in [5, 5.41) is 12.7. The Morgan fingerprint density at radius 3 is 2.62 bits per heavy atom. The molecule has 0 aliphatic carbocycles. The van der Waals surface area contributed by atoms with Gasteiger partial charge in [-0.15, -0.1) is 0 Å². The van der Waals surface area contributed by atoms with Crippen molar-refractivity contribution < 1.29 is 9.50 Å². The molecule has 2 N–H and O–H groups in total. The number of nitrogens with zero attached hydrogens (tertiary/aromatic N) is 2. The van der Waals surface area contributed by atoms with Gasteiger partial charge in [-0.25, -0.2) is 14.4 Å². The molecule has 1 aromatic carbocycles. The fourth-order valence-corrected chi connectivity index (χ4v) is 2.53. The minimum absolute atomic E-state index is 0.140. The quantitative estimate of drug-likeness (QED) is 0.848. The molecule has 4 nitrogen and oxygen atoms in total. The SMILES string of the molecule is CCCc1nc(-c2cc(O)cc(F)c2)nc(NCC)c1Br. The Balaban J connectivity index is 2.56. The van der Waals surface area contributed by atoms with Crippen LogP contribution in [0.1, 0.15) is 26.0 Å². The van der Waals surface area contributed by atoms with Gasteiger partial charge in [0.25, 0.3) is 0 Å². The van der Waals surface area contributed by atoms with Crippen molar-refractivity contribution in [3.8, 4) is 17.1 Å². The van der Waals surface area contributed by atoms with E-state index in [1.165, 1.54) is 12.1 Å². The fraction of sp³-hybridized carbons (Fsp3) is 0.333. The Morgan fingerprint density at radius 1 is 1.24 bits per heavy atom. The summed E-state index contributed by atoms with van der Waals surface area (Å²) < 4.78 is 14.3. The third-order valence-corrected chi connectivity index (χ3v) is 3.72. The second kappa shape index (κ2) is 6.85. The maximum atomic E-state index is 13.4. The molecule has 0 saturated heterocycles. The number of aromatic nitrogens is 2. The van der Waals surface area contributed by atoms with Gasteiger partial charge in [0.1, 0.15) is 17.4 Å². The van der Waals surface area contributed by atoms with Crippen molar-refractivity contribution in [1.29, 1.82) is 0 Å². The number of benzene rings is 1. The molecule has 0 spiro atoms. The number of halogens is 2. The van der Waals surface area contributed by atoms with Gasteiger partial charge in [-0.2, -0.15) is 0 Å². The predicted molar refractivity (Wildman–Crippen MR) is 84.9 cm³/mol. The number of hydrogen-bond acceptors (Lipinski definition) is 4. The molecule has 1 aromatic heterocycles. The first-order valence-electron chi connectivity index (χ1n) is 6.85. The smallest absolute Gasteiger partial charge is 0.162 e. The Bertz CT molecular complexity index is 602. The van der Waals surface area contributed by atoms with Crippen LogP contribution in [0.2, 0.25) is 0 Å². The standard InChI is InChI=1S/C15H17BrFN3O/c1-3-5-12-13(16)15(18-4-2)20-14(19-12)9-6-10(17)8-11(21)7-9/h6-8,21H,3-5H2,1-2H3,(H,18,19,20). The zero-order chi connectivity index (χ0) is 15.4. The van der Waals surface area contributed by atoms with Crippen LogP contribution in [0.15, 0.2) is 22.7 Å². The maximum absolute atomic E-state index is 13.4. The van der Waals surface area contributed by atoms with Crippen LogP contribution in [0.25, 0.3) is 11.4 Å². The number of hydrogen-bond donors (Lipinski definition) is 2. The van der Waals surface area contributed by atoms with Crippen LogP contribution in [0.4, 0.5) is 10.2 Å². The number of aryl methyl sites for hydroxylation is 1. The van der Waals surface area contributed by atoms with Gasteiger partial charge in [-0.3, -0.25) is 0 Å². The van der Waals surface area contributed by atoms with Crippen LogP contribution in [0.5, 0.6) is 5.75 Å². The summed E-state index contributed by atoms with van der Waals surface area (Å²) in [4.78, 5) is 8.89. The average molecular weight is 354 g/mol. The van der Waals surface area contributed by atoms with E-state index >= 15 is 0 Å². The molecule has 0 saturated carbocycles. The van der Waals surface area contributed by atoms with E-state index in [4.69, 9.17) is 0 Å². The lowest BCUT2D eigenvalue weighted by Gasteiger charge is -2.12. The van der Waals surface area contributed by atoms with Gasteiger partial charge in [0.2, 0.25) is 0 Å². The Kier molecular flexibility index (Phi) is 5.12. The summed E-state index contributed by atoms with van der Waals surface area (Å²) in [6, 6.07) is 3.83. The lowest BCUT2D eigenvalue weighted by Crippen LogP contribution is -2.06. The van der Waals surface area contributed by atoms with E-state index in [-0.39, 0.29) is 5.75 Å². The van der Waals surface area contributed by atoms with Crippen molar-refractivity contribution in [2.24, 2.45) is 0 Å². The first-order valence-corrected chi connectivity index (χ1v) is 7.64. The van der Waals surface area contributed by atoms with E-state index in [0.29, 0.717) is 17.2 Å². The summed E-state index contributed by atoms with van der Waals surface area (Å²) in [5.74, 6) is 0.416. The Hall–Kier alpha value is -1.69. The molecule has 2 rings (SSSR count). The minimum Gasteiger partial charge on any atom is -0.508 e. The van der Waals surface area contributed by atoms with Crippen LogP contribution in [0, 0.1) is 5.82 Å². The second-order valence-electron chi connectivity index (χ2n) is 4.63. The van der Waals surface area contributed by atoms with Gasteiger partial charge >= 0.3 is 0 Å². The highest BCUT2D eigenvalue weighted by Gasteiger charge is 2.14. The first-order chi connectivity index (χ1) is 10.0. The molecule has 6 heteroatoms. The molecular formula is C15H17BrFN3O. The van der Waals surface area contributed by atoms with Gasteiger partial charge in [-0.1, -0.05) is 13.3 Å². The molecule has 0 amide bonds. The molecule has 0 aliphatic heterocycles. The van der Waals surface area contributed by atoms with Crippen molar-refractivity contribution in [2.75, 3.05) is 11.9 Å². The third kappa shape index (κ3) is 3.69. The molecule has 112 valence electrons. The highest BCUT2D eigenvalue weighted by atomic mass is 79.9. The highest BCUT2D eigenvalue weighted by Crippen LogP contribution is 2.29. The fourth-order valence-electron chi connectivity index (χ4n) is 2.01. The predicted octanol–water partition coefficient (Wildman–Crippen LogP) is 4.14. The number of aromatic hydroxyl groups is 1. The van der Waals surface area contributed by atoms with Gasteiger partial charge in [-0.05, 0) is 41.4 Å². The Morgan fingerprint density at radius 2 is 2.00 bits per heavy atom. The summed E-state index contributed by atoms with van der Waals surface area (Å²) in [7, 11) is 0. The highest BCUT2D eigenvalue weighted by molar-refractivity contribution is 9.10. The molecule has 21 heavy (non-hydrogen) atoms. The summed E-state index contributed by atoms with van der Waals surface area (Å²) in [6.07, 6.45) is 1.73. The lowest BCUT2D eigenvalue weighted by atomic mass is 10.1. The molecule has 0 radical (unpaired) electrons. The number of rotatable bonds is 5. The average Bonchev–Trinajstić information content (AvgIpc) is 2.42. The monoisotopic (exact) mass is 353 g/mol. The van der Waals surface area contributed by atoms with Gasteiger partial charge < -0.3 is 10.4 Å². The van der Waals surface area contributed by atoms with Crippen molar-refractivity contribution in [2.45, 2.75) is 26.7 Å². The molecular weight excluding hydrogens is 337 g/mol. The zero-order valence-electron chi connectivity index (χ0n) is 12.0. The normalized spacial score (nSPS) is 10.7. The lowest BCUT2D eigenvalue weighted by molar-refractivity contribution is 0.469. The third-order valence-electron chi connectivity index (χ3n) is 2.89. The minimum atomic E-state index is -0.515. The summed E-state index contributed by atoms with van der Waals surface area (Å²) in [5.41, 5.74) is 1.32. The van der Waals surface area contributed by atoms with Crippen LogP contribution >= 0.6 is 15.9 Å². The summed E-state index contributed by atoms with van der Waals surface area (Å²) >= 11 is 3.51. The molecule has 0 bridgehead atoms. The van der Waals surface area contributed by atoms with E-state index in [9.17, 15) is 9.50 Å². The topological polar surface area (TPSA) is 58.0 Å². The van der Waals surface area contributed by atoms with Gasteiger partial charge in [0, 0.05) is 18.2 Å². The second-order valence-corrected chi connectivity index (χ2v) is 5.43. The molecule has 0 fully saturated rings. The van der Waals surface area contributed by atoms with Crippen molar-refractivity contribution in [3.05, 3.63) is 34.2 Å². The number of phenols is 1. The van der Waals surface area contributed by atoms with E-state index in [0.717, 1.165) is 35.6 Å². The first kappa shape index (κ1) is 15.7. The van der Waals surface area contributed by atoms with E-state index in [1.807, 2.05) is 6.92 Å². The Labute approximate surface area is 131 Å². The summed E-state index contributed by atoms with van der Waals surface area (Å²) in [6.45, 7) is 4.76. The van der Waals surface area contributed by atoms with Gasteiger partial charge in [0.15, 0.2) is 5.82 Å². The van der Waals surface area contributed by atoms with Crippen molar-refractivity contribution in [1.82, 2.24) is 9.97 Å². The van der Waals surface area contributed by atoms with Crippen molar-refractivity contribution >= 4 is 21.7 Å². The van der Waals surface area contributed by atoms with Gasteiger partial charge in [0.05, 0.1) is 10.2 Å². The van der Waals surface area contributed by atoms with E-state index in [1.54, 1.807) is 0 Å². The molecule has 1 heterocycles. The number of phenolic OH excluding ortho intramolecular Hbond substituents is 1. The largest absolute Gasteiger partial charge is 0.508 e. The maximum Gasteiger partial charge on any atom is 0.162 e. The molecule has 2 aromatic rings. The molecule has 0 unspecified atom stereocenters.